The maximum absolute atomic E-state index is 14.3. The quantitative estimate of drug-likeness (QED) is 0.409. The molecule has 1 unspecified atom stereocenters. The SMILES string of the molecule is Cc1nc(C2(F)CC2)ccc1Oc1nnc(C(F)(F)F)c(C)c1C(=O)Nc1cccc(S(C)(=N)=O)c1. The highest BCUT2D eigenvalue weighted by molar-refractivity contribution is 7.91. The number of benzene rings is 1. The molecule has 1 fully saturated rings. The van der Waals surface area contributed by atoms with Gasteiger partial charge in [0.05, 0.1) is 21.1 Å². The number of halogens is 4. The Kier molecular flexibility index (Phi) is 6.23. The summed E-state index contributed by atoms with van der Waals surface area (Å²) in [6.07, 6.45) is -2.99. The van der Waals surface area contributed by atoms with Crippen LogP contribution < -0.4 is 10.1 Å². The number of hydrogen-bond donors (Lipinski definition) is 2. The molecule has 1 aliphatic carbocycles. The summed E-state index contributed by atoms with van der Waals surface area (Å²) in [5.41, 5.74) is -3.33. The topological polar surface area (TPSA) is 118 Å². The smallest absolute Gasteiger partial charge is 0.435 e. The fraction of sp³-hybridized carbons (Fsp3) is 0.304. The number of carbonyl (C=O) groups excluding carboxylic acids is 1. The molecule has 8 nitrogen and oxygen atoms in total. The van der Waals surface area contributed by atoms with Crippen molar-refractivity contribution >= 4 is 21.3 Å². The number of amides is 1. The maximum Gasteiger partial charge on any atom is 0.435 e. The minimum absolute atomic E-state index is 0.0624. The van der Waals surface area contributed by atoms with Gasteiger partial charge in [-0.2, -0.15) is 13.2 Å². The van der Waals surface area contributed by atoms with Crippen LogP contribution in [-0.4, -0.2) is 31.6 Å². The van der Waals surface area contributed by atoms with Crippen LogP contribution in [0, 0.1) is 18.6 Å². The average Bonchev–Trinajstić information content (AvgIpc) is 3.52. The monoisotopic (exact) mass is 523 g/mol. The lowest BCUT2D eigenvalue weighted by atomic mass is 10.1. The summed E-state index contributed by atoms with van der Waals surface area (Å²) in [7, 11) is -3.10. The molecule has 4 rings (SSSR count). The zero-order valence-corrected chi connectivity index (χ0v) is 20.2. The predicted octanol–water partition coefficient (Wildman–Crippen LogP) is 5.55. The third-order valence-corrected chi connectivity index (χ3v) is 6.77. The molecule has 0 aliphatic heterocycles. The van der Waals surface area contributed by atoms with Gasteiger partial charge >= 0.3 is 6.18 Å². The van der Waals surface area contributed by atoms with Gasteiger partial charge in [-0.05, 0) is 62.6 Å². The third kappa shape index (κ3) is 5.15. The summed E-state index contributed by atoms with van der Waals surface area (Å²) in [5, 5.41) is 9.17. The Balaban J connectivity index is 1.73. The molecule has 190 valence electrons. The number of carbonyl (C=O) groups is 1. The molecular weight excluding hydrogens is 502 g/mol. The molecule has 0 radical (unpaired) electrons. The second-order valence-electron chi connectivity index (χ2n) is 8.52. The van der Waals surface area contributed by atoms with Gasteiger partial charge in [0.25, 0.3) is 11.8 Å². The highest BCUT2D eigenvalue weighted by Crippen LogP contribution is 2.49. The number of aryl methyl sites for hydroxylation is 1. The van der Waals surface area contributed by atoms with Crippen LogP contribution in [0.2, 0.25) is 0 Å². The van der Waals surface area contributed by atoms with E-state index in [1.807, 2.05) is 0 Å². The fourth-order valence-corrected chi connectivity index (χ4v) is 4.18. The largest absolute Gasteiger partial charge is 0.435 e. The predicted molar refractivity (Wildman–Crippen MR) is 122 cm³/mol. The third-order valence-electron chi connectivity index (χ3n) is 5.61. The standard InChI is InChI=1S/C23H21F4N5O3S/c1-12-18(20(33)30-14-5-4-6-15(11-14)36(3,28)34)21(32-31-19(12)23(25,26)27)35-16-7-8-17(29-13(16)2)22(24)9-10-22/h4-8,11,28H,9-10H2,1-3H3,(H,30,33). The minimum atomic E-state index is -4.89. The molecule has 1 amide bonds. The molecule has 2 aromatic heterocycles. The van der Waals surface area contributed by atoms with Crippen molar-refractivity contribution < 1.29 is 31.3 Å². The summed E-state index contributed by atoms with van der Waals surface area (Å²) >= 11 is 0. The van der Waals surface area contributed by atoms with E-state index in [4.69, 9.17) is 9.52 Å². The van der Waals surface area contributed by atoms with Crippen LogP contribution in [0.15, 0.2) is 41.3 Å². The lowest BCUT2D eigenvalue weighted by Crippen LogP contribution is -2.21. The van der Waals surface area contributed by atoms with E-state index in [0.29, 0.717) is 12.8 Å². The van der Waals surface area contributed by atoms with Gasteiger partial charge in [0.1, 0.15) is 5.56 Å². The lowest BCUT2D eigenvalue weighted by Gasteiger charge is -2.17. The molecule has 2 N–H and O–H groups in total. The number of pyridine rings is 1. The molecule has 1 saturated carbocycles. The second kappa shape index (κ2) is 8.80. The van der Waals surface area contributed by atoms with Crippen LogP contribution in [0.3, 0.4) is 0 Å². The average molecular weight is 524 g/mol. The molecule has 1 aliphatic rings. The van der Waals surface area contributed by atoms with Crippen LogP contribution in [0.1, 0.15) is 45.8 Å². The number of hydrogen-bond acceptors (Lipinski definition) is 7. The van der Waals surface area contributed by atoms with E-state index in [1.165, 1.54) is 49.6 Å². The molecule has 2 heterocycles. The van der Waals surface area contributed by atoms with Gasteiger partial charge in [-0.25, -0.2) is 13.4 Å². The lowest BCUT2D eigenvalue weighted by molar-refractivity contribution is -0.142. The van der Waals surface area contributed by atoms with E-state index in [0.717, 1.165) is 6.92 Å². The first-order chi connectivity index (χ1) is 16.7. The first-order valence-electron chi connectivity index (χ1n) is 10.6. The summed E-state index contributed by atoms with van der Waals surface area (Å²) in [6, 6.07) is 8.42. The van der Waals surface area contributed by atoms with E-state index >= 15 is 0 Å². The Bertz CT molecular complexity index is 1470. The second-order valence-corrected chi connectivity index (χ2v) is 10.7. The molecule has 13 heteroatoms. The molecule has 36 heavy (non-hydrogen) atoms. The highest BCUT2D eigenvalue weighted by atomic mass is 32.2. The number of alkyl halides is 4. The zero-order chi connectivity index (χ0) is 26.5. The molecule has 3 aromatic rings. The summed E-state index contributed by atoms with van der Waals surface area (Å²) in [4.78, 5) is 17.5. The molecule has 0 bridgehead atoms. The van der Waals surface area contributed by atoms with Crippen LogP contribution in [0.4, 0.5) is 23.2 Å². The van der Waals surface area contributed by atoms with Crippen molar-refractivity contribution in [2.45, 2.75) is 43.4 Å². The minimum Gasteiger partial charge on any atom is -0.435 e. The van der Waals surface area contributed by atoms with Crippen molar-refractivity contribution in [2.75, 3.05) is 11.6 Å². The van der Waals surface area contributed by atoms with Gasteiger partial charge in [-0.15, -0.1) is 10.2 Å². The Labute approximate surface area is 204 Å². The van der Waals surface area contributed by atoms with Gasteiger partial charge < -0.3 is 10.1 Å². The van der Waals surface area contributed by atoms with Crippen LogP contribution in [-0.2, 0) is 21.6 Å². The number of ether oxygens (including phenoxy) is 1. The van der Waals surface area contributed by atoms with Crippen molar-refractivity contribution in [3.63, 3.8) is 0 Å². The number of anilines is 1. The van der Waals surface area contributed by atoms with Gasteiger partial charge in [0.15, 0.2) is 17.1 Å². The first-order valence-corrected chi connectivity index (χ1v) is 12.6. The van der Waals surface area contributed by atoms with Gasteiger partial charge in [-0.3, -0.25) is 9.78 Å². The number of nitrogens with one attached hydrogen (secondary N) is 2. The van der Waals surface area contributed by atoms with Crippen molar-refractivity contribution in [2.24, 2.45) is 0 Å². The van der Waals surface area contributed by atoms with E-state index in [2.05, 4.69) is 20.5 Å². The molecule has 0 saturated heterocycles. The Morgan fingerprint density at radius 1 is 1.17 bits per heavy atom. The van der Waals surface area contributed by atoms with Gasteiger partial charge in [0, 0.05) is 16.8 Å². The van der Waals surface area contributed by atoms with Crippen LogP contribution in [0.5, 0.6) is 11.6 Å². The molecule has 1 atom stereocenters. The van der Waals surface area contributed by atoms with Crippen LogP contribution >= 0.6 is 0 Å². The van der Waals surface area contributed by atoms with Crippen molar-refractivity contribution in [1.82, 2.24) is 15.2 Å². The van der Waals surface area contributed by atoms with Gasteiger partial charge in [-0.1, -0.05) is 6.07 Å². The van der Waals surface area contributed by atoms with Gasteiger partial charge in [0.2, 0.25) is 0 Å². The zero-order valence-electron chi connectivity index (χ0n) is 19.4. The number of aromatic nitrogens is 3. The van der Waals surface area contributed by atoms with E-state index in [-0.39, 0.29) is 27.7 Å². The van der Waals surface area contributed by atoms with E-state index in [9.17, 15) is 26.6 Å². The van der Waals surface area contributed by atoms with E-state index in [1.54, 1.807) is 0 Å². The van der Waals surface area contributed by atoms with Crippen molar-refractivity contribution in [1.29, 1.82) is 4.78 Å². The summed E-state index contributed by atoms with van der Waals surface area (Å²) in [6.45, 7) is 2.59. The highest BCUT2D eigenvalue weighted by Gasteiger charge is 2.46. The van der Waals surface area contributed by atoms with Crippen molar-refractivity contribution in [3.8, 4) is 11.6 Å². The van der Waals surface area contributed by atoms with Crippen LogP contribution in [0.25, 0.3) is 0 Å². The Morgan fingerprint density at radius 3 is 2.44 bits per heavy atom. The molecule has 1 aromatic carbocycles. The summed E-state index contributed by atoms with van der Waals surface area (Å²) in [5.74, 6) is -1.43. The molecular formula is C23H21F4N5O3S. The number of rotatable bonds is 6. The maximum atomic E-state index is 14.3. The molecule has 0 spiro atoms. The van der Waals surface area contributed by atoms with Crippen molar-refractivity contribution in [3.05, 3.63) is 64.6 Å². The Morgan fingerprint density at radius 2 is 1.86 bits per heavy atom. The fourth-order valence-electron chi connectivity index (χ4n) is 3.49. The first kappa shape index (κ1) is 25.5. The summed E-state index contributed by atoms with van der Waals surface area (Å²) < 4.78 is 80.3. The normalized spacial score (nSPS) is 16.2. The Hall–Kier alpha value is -3.61. The number of nitrogens with zero attached hydrogens (tertiary/aromatic N) is 3. The van der Waals surface area contributed by atoms with E-state index < -0.39 is 50.2 Å².